The molecule has 0 bridgehead atoms. The third-order valence-electron chi connectivity index (χ3n) is 7.93. The molecule has 0 unspecified atom stereocenters. The Morgan fingerprint density at radius 3 is 2.03 bits per heavy atom. The van der Waals surface area contributed by atoms with Crippen LogP contribution in [0.4, 0.5) is 9.59 Å². The van der Waals surface area contributed by atoms with Gasteiger partial charge in [0.1, 0.15) is 11.5 Å². The Labute approximate surface area is 210 Å². The van der Waals surface area contributed by atoms with Crippen molar-refractivity contribution in [3.05, 3.63) is 35.4 Å². The van der Waals surface area contributed by atoms with Gasteiger partial charge in [-0.15, -0.1) is 0 Å². The van der Waals surface area contributed by atoms with E-state index in [1.165, 1.54) is 25.3 Å². The molecule has 3 fully saturated rings. The zero-order chi connectivity index (χ0) is 26.8. The van der Waals surface area contributed by atoms with Gasteiger partial charge < -0.3 is 19.3 Å². The molecule has 2 heterocycles. The van der Waals surface area contributed by atoms with E-state index in [0.717, 1.165) is 14.2 Å². The van der Waals surface area contributed by atoms with Crippen molar-refractivity contribution in [2.75, 3.05) is 21.3 Å². The van der Waals surface area contributed by atoms with Gasteiger partial charge in [0.25, 0.3) is 0 Å². The number of hydrogen-bond donors (Lipinski definition) is 1. The second kappa shape index (κ2) is 8.71. The first-order valence-corrected chi connectivity index (χ1v) is 11.6. The minimum absolute atomic E-state index is 0.00893. The molecule has 12 heteroatoms. The highest BCUT2D eigenvalue weighted by atomic mass is 16.5. The van der Waals surface area contributed by atoms with Gasteiger partial charge in [0.2, 0.25) is 23.6 Å². The van der Waals surface area contributed by atoms with Crippen LogP contribution in [0.1, 0.15) is 24.3 Å². The SMILES string of the molecule is COC(=O)N1C(=O)[C@H]2[C@H](CC=C3[C@H]2C[C@H]2C(=O)N(C(=O)OC)C(=O)[C@H]2[C@H]3c2cc(OC)ccc2O)C1=O. The Balaban J connectivity index is 1.67. The number of amides is 6. The molecule has 2 saturated heterocycles. The number of nitrogens with zero attached hydrogens (tertiary/aromatic N) is 2. The number of methoxy groups -OCH3 is 3. The van der Waals surface area contributed by atoms with Crippen molar-refractivity contribution in [1.29, 1.82) is 0 Å². The van der Waals surface area contributed by atoms with Crippen LogP contribution in [-0.4, -0.2) is 72.1 Å². The lowest BCUT2D eigenvalue weighted by atomic mass is 9.57. The van der Waals surface area contributed by atoms with Crippen LogP contribution in [0, 0.1) is 29.6 Å². The Bertz CT molecular complexity index is 1290. The molecule has 1 aromatic carbocycles. The summed E-state index contributed by atoms with van der Waals surface area (Å²) < 4.78 is 14.6. The Morgan fingerprint density at radius 1 is 0.838 bits per heavy atom. The molecule has 1 N–H and O–H groups in total. The molecule has 2 aliphatic carbocycles. The first-order valence-electron chi connectivity index (χ1n) is 11.6. The number of ether oxygens (including phenoxy) is 3. The highest BCUT2D eigenvalue weighted by molar-refractivity contribution is 6.17. The fraction of sp³-hybridized carbons (Fsp3) is 0.440. The van der Waals surface area contributed by atoms with E-state index in [1.807, 2.05) is 0 Å². The number of hydrogen-bond acceptors (Lipinski definition) is 10. The Morgan fingerprint density at radius 2 is 1.43 bits per heavy atom. The minimum Gasteiger partial charge on any atom is -0.508 e. The van der Waals surface area contributed by atoms with Crippen LogP contribution in [0.25, 0.3) is 0 Å². The summed E-state index contributed by atoms with van der Waals surface area (Å²) in [6.45, 7) is 0. The zero-order valence-electron chi connectivity index (χ0n) is 20.2. The highest BCUT2D eigenvalue weighted by Gasteiger charge is 2.64. The van der Waals surface area contributed by atoms with E-state index in [4.69, 9.17) is 4.74 Å². The summed E-state index contributed by atoms with van der Waals surface area (Å²) in [5, 5.41) is 10.8. The largest absolute Gasteiger partial charge is 0.508 e. The van der Waals surface area contributed by atoms with E-state index in [0.29, 0.717) is 21.1 Å². The number of carbonyl (C=O) groups is 6. The van der Waals surface area contributed by atoms with E-state index < -0.39 is 71.3 Å². The van der Waals surface area contributed by atoms with Gasteiger partial charge >= 0.3 is 12.2 Å². The average molecular weight is 512 g/mol. The van der Waals surface area contributed by atoms with Crippen LogP contribution in [0.3, 0.4) is 0 Å². The molecule has 2 aliphatic heterocycles. The lowest BCUT2D eigenvalue weighted by Gasteiger charge is -2.44. The molecule has 1 aromatic rings. The quantitative estimate of drug-likeness (QED) is 0.456. The predicted octanol–water partition coefficient (Wildman–Crippen LogP) is 1.57. The molecule has 4 aliphatic rings. The standard InChI is InChI=1S/C25H24N2O10/c1-35-10-4-7-16(28)14(8-10)17-11-5-6-12-18(22(31)26(20(12)29)24(33)36-2)13(11)9-15-19(17)23(32)27(21(15)30)25(34)37-3/h4-5,7-8,12-13,15,17-19,28H,6,9H2,1-3H3/t12-,13+,15+,17+,18-,19+/m0/s1. The maximum Gasteiger partial charge on any atom is 0.423 e. The topological polar surface area (TPSA) is 157 Å². The van der Waals surface area contributed by atoms with Crippen molar-refractivity contribution in [2.24, 2.45) is 29.6 Å². The first kappa shape index (κ1) is 24.5. The lowest BCUT2D eigenvalue weighted by molar-refractivity contribution is -0.139. The molecule has 0 aromatic heterocycles. The van der Waals surface area contributed by atoms with Crippen molar-refractivity contribution >= 4 is 35.8 Å². The molecule has 5 rings (SSSR count). The molecule has 1 saturated carbocycles. The summed E-state index contributed by atoms with van der Waals surface area (Å²) in [4.78, 5) is 78.6. The third-order valence-corrected chi connectivity index (χ3v) is 7.93. The molecule has 194 valence electrons. The molecular formula is C25H24N2O10. The number of fused-ring (bicyclic) bond motifs is 4. The number of allylic oxidation sites excluding steroid dienone is 2. The number of rotatable bonds is 2. The lowest BCUT2D eigenvalue weighted by Crippen LogP contribution is -2.43. The second-order valence-corrected chi connectivity index (χ2v) is 9.41. The fourth-order valence-corrected chi connectivity index (χ4v) is 6.39. The zero-order valence-corrected chi connectivity index (χ0v) is 20.2. The summed E-state index contributed by atoms with van der Waals surface area (Å²) in [6.07, 6.45) is -0.389. The number of phenols is 1. The molecule has 6 atom stereocenters. The van der Waals surface area contributed by atoms with Gasteiger partial charge in [-0.05, 0) is 37.0 Å². The van der Waals surface area contributed by atoms with E-state index in [-0.39, 0.29) is 24.2 Å². The Hall–Kier alpha value is -4.22. The summed E-state index contributed by atoms with van der Waals surface area (Å²) in [6, 6.07) is 4.45. The van der Waals surface area contributed by atoms with E-state index in [2.05, 4.69) is 9.47 Å². The Kier molecular flexibility index (Phi) is 5.76. The second-order valence-electron chi connectivity index (χ2n) is 9.41. The monoisotopic (exact) mass is 512 g/mol. The van der Waals surface area contributed by atoms with Gasteiger partial charge in [-0.25, -0.2) is 9.59 Å². The van der Waals surface area contributed by atoms with Gasteiger partial charge in [0.05, 0.1) is 45.0 Å². The number of phenolic OH excluding ortho intramolecular Hbond substituents is 1. The van der Waals surface area contributed by atoms with Crippen molar-refractivity contribution in [1.82, 2.24) is 9.80 Å². The van der Waals surface area contributed by atoms with Gasteiger partial charge in [-0.2, -0.15) is 9.80 Å². The molecular weight excluding hydrogens is 488 g/mol. The summed E-state index contributed by atoms with van der Waals surface area (Å²) in [7, 11) is 3.54. The van der Waals surface area contributed by atoms with E-state index >= 15 is 0 Å². The fourth-order valence-electron chi connectivity index (χ4n) is 6.39. The van der Waals surface area contributed by atoms with Crippen molar-refractivity contribution in [2.45, 2.75) is 18.8 Å². The van der Waals surface area contributed by atoms with Crippen LogP contribution in [-0.2, 0) is 28.7 Å². The van der Waals surface area contributed by atoms with Gasteiger partial charge in [-0.3, -0.25) is 19.2 Å². The number of aromatic hydroxyl groups is 1. The smallest absolute Gasteiger partial charge is 0.423 e. The molecule has 0 spiro atoms. The van der Waals surface area contributed by atoms with Crippen LogP contribution < -0.4 is 4.74 Å². The van der Waals surface area contributed by atoms with E-state index in [1.54, 1.807) is 6.08 Å². The summed E-state index contributed by atoms with van der Waals surface area (Å²) >= 11 is 0. The normalized spacial score (nSPS) is 30.4. The van der Waals surface area contributed by atoms with Gasteiger partial charge in [-0.1, -0.05) is 11.6 Å². The van der Waals surface area contributed by atoms with Crippen molar-refractivity contribution in [3.8, 4) is 11.5 Å². The third kappa shape index (κ3) is 3.35. The van der Waals surface area contributed by atoms with Crippen LogP contribution in [0.2, 0.25) is 0 Å². The minimum atomic E-state index is -1.13. The summed E-state index contributed by atoms with van der Waals surface area (Å²) in [5.74, 6) is -8.31. The molecule has 12 nitrogen and oxygen atoms in total. The van der Waals surface area contributed by atoms with Crippen LogP contribution >= 0.6 is 0 Å². The molecule has 37 heavy (non-hydrogen) atoms. The number of carbonyl (C=O) groups excluding carboxylic acids is 6. The van der Waals surface area contributed by atoms with E-state index in [9.17, 15) is 33.9 Å². The van der Waals surface area contributed by atoms with Crippen molar-refractivity contribution < 1.29 is 48.1 Å². The highest BCUT2D eigenvalue weighted by Crippen LogP contribution is 2.59. The predicted molar refractivity (Wildman–Crippen MR) is 121 cm³/mol. The number of imide groups is 6. The molecule has 6 amide bonds. The van der Waals surface area contributed by atoms with Gasteiger partial charge in [0, 0.05) is 11.5 Å². The van der Waals surface area contributed by atoms with Crippen LogP contribution in [0.5, 0.6) is 11.5 Å². The number of benzene rings is 1. The van der Waals surface area contributed by atoms with Crippen LogP contribution in [0.15, 0.2) is 29.8 Å². The first-order chi connectivity index (χ1) is 17.7. The molecule has 0 radical (unpaired) electrons. The number of likely N-dealkylation sites (tertiary alicyclic amines) is 2. The average Bonchev–Trinajstić information content (AvgIpc) is 3.30. The van der Waals surface area contributed by atoms with Gasteiger partial charge in [0.15, 0.2) is 0 Å². The van der Waals surface area contributed by atoms with Crippen molar-refractivity contribution in [3.63, 3.8) is 0 Å². The maximum absolute atomic E-state index is 13.5. The summed E-state index contributed by atoms with van der Waals surface area (Å²) in [5.41, 5.74) is 0.852. The maximum atomic E-state index is 13.5.